The standard InChI is InChI=1S/C25H24Cl2N6O/c1-31-9-11-32(12-10-31)25(34)18-4-2-3-17(13-18)22-15-24(33-23(30-22)7-8-29-33)28-16-19-5-6-20(26)14-21(19)27/h2-8,13-15,28H,9-12,16H2,1H3. The van der Waals surface area contributed by atoms with Crippen LogP contribution in [0.25, 0.3) is 16.9 Å². The Hall–Kier alpha value is -3.13. The first-order valence-corrected chi connectivity index (χ1v) is 11.8. The molecule has 2 aromatic carbocycles. The number of halogens is 2. The summed E-state index contributed by atoms with van der Waals surface area (Å²) in [5, 5.41) is 8.99. The van der Waals surface area contributed by atoms with E-state index in [4.69, 9.17) is 28.2 Å². The van der Waals surface area contributed by atoms with Gasteiger partial charge in [-0.05, 0) is 36.9 Å². The molecule has 3 heterocycles. The fraction of sp³-hybridized carbons (Fsp3) is 0.240. The quantitative estimate of drug-likeness (QED) is 0.435. The van der Waals surface area contributed by atoms with E-state index in [1.165, 1.54) is 0 Å². The summed E-state index contributed by atoms with van der Waals surface area (Å²) in [7, 11) is 2.08. The number of anilines is 1. The highest BCUT2D eigenvalue weighted by atomic mass is 35.5. The van der Waals surface area contributed by atoms with Crippen molar-refractivity contribution < 1.29 is 4.79 Å². The second-order valence-corrected chi connectivity index (χ2v) is 9.24. The van der Waals surface area contributed by atoms with Gasteiger partial charge in [-0.15, -0.1) is 0 Å². The average molecular weight is 495 g/mol. The van der Waals surface area contributed by atoms with Gasteiger partial charge in [0.2, 0.25) is 0 Å². The van der Waals surface area contributed by atoms with Gasteiger partial charge < -0.3 is 15.1 Å². The number of piperazine rings is 1. The number of amides is 1. The van der Waals surface area contributed by atoms with Gasteiger partial charge >= 0.3 is 0 Å². The van der Waals surface area contributed by atoms with Crippen molar-refractivity contribution in [2.24, 2.45) is 0 Å². The zero-order valence-electron chi connectivity index (χ0n) is 18.7. The van der Waals surface area contributed by atoms with E-state index in [0.717, 1.165) is 48.8 Å². The molecule has 0 aliphatic carbocycles. The molecule has 4 aromatic rings. The van der Waals surface area contributed by atoms with Crippen LogP contribution in [0.15, 0.2) is 60.8 Å². The summed E-state index contributed by atoms with van der Waals surface area (Å²) in [5.74, 6) is 0.822. The molecule has 2 aromatic heterocycles. The molecule has 0 radical (unpaired) electrons. The Kier molecular flexibility index (Phi) is 6.41. The molecule has 34 heavy (non-hydrogen) atoms. The highest BCUT2D eigenvalue weighted by Gasteiger charge is 2.21. The van der Waals surface area contributed by atoms with E-state index < -0.39 is 0 Å². The molecule has 7 nitrogen and oxygen atoms in total. The minimum Gasteiger partial charge on any atom is -0.366 e. The van der Waals surface area contributed by atoms with Crippen LogP contribution in [-0.4, -0.2) is 63.5 Å². The molecule has 0 bridgehead atoms. The second-order valence-electron chi connectivity index (χ2n) is 8.39. The van der Waals surface area contributed by atoms with Gasteiger partial charge in [-0.1, -0.05) is 41.4 Å². The van der Waals surface area contributed by atoms with Crippen molar-refractivity contribution >= 4 is 40.6 Å². The van der Waals surface area contributed by atoms with Crippen LogP contribution < -0.4 is 5.32 Å². The van der Waals surface area contributed by atoms with Crippen molar-refractivity contribution in [3.8, 4) is 11.3 Å². The summed E-state index contributed by atoms with van der Waals surface area (Å²) in [6, 6.07) is 16.9. The first-order chi connectivity index (χ1) is 16.5. The fourth-order valence-electron chi connectivity index (χ4n) is 4.04. The van der Waals surface area contributed by atoms with E-state index in [1.54, 1.807) is 16.8 Å². The Balaban J connectivity index is 1.43. The first kappa shape index (κ1) is 22.7. The molecule has 0 atom stereocenters. The van der Waals surface area contributed by atoms with Crippen LogP contribution in [0, 0.1) is 0 Å². The van der Waals surface area contributed by atoms with Crippen molar-refractivity contribution in [2.75, 3.05) is 38.5 Å². The van der Waals surface area contributed by atoms with Gasteiger partial charge in [0.05, 0.1) is 11.9 Å². The van der Waals surface area contributed by atoms with Crippen LogP contribution in [0.2, 0.25) is 10.0 Å². The number of hydrogen-bond acceptors (Lipinski definition) is 5. The number of nitrogens with zero attached hydrogens (tertiary/aromatic N) is 5. The maximum Gasteiger partial charge on any atom is 0.253 e. The van der Waals surface area contributed by atoms with Gasteiger partial charge in [0, 0.05) is 66.0 Å². The molecule has 1 aliphatic heterocycles. The van der Waals surface area contributed by atoms with Crippen LogP contribution in [-0.2, 0) is 6.54 Å². The second kappa shape index (κ2) is 9.62. The molecule has 9 heteroatoms. The van der Waals surface area contributed by atoms with Crippen LogP contribution in [0.5, 0.6) is 0 Å². The number of nitrogens with one attached hydrogen (secondary N) is 1. The highest BCUT2D eigenvalue weighted by molar-refractivity contribution is 6.35. The third-order valence-electron chi connectivity index (χ3n) is 6.03. The Labute approximate surface area is 207 Å². The predicted octanol–water partition coefficient (Wildman–Crippen LogP) is 4.70. The summed E-state index contributed by atoms with van der Waals surface area (Å²) < 4.78 is 1.74. The number of fused-ring (bicyclic) bond motifs is 1. The number of likely N-dealkylation sites (N-methyl/N-ethyl adjacent to an activating group) is 1. The number of carbonyl (C=O) groups is 1. The number of aromatic nitrogens is 3. The third-order valence-corrected chi connectivity index (χ3v) is 6.62. The molecule has 1 aliphatic rings. The van der Waals surface area contributed by atoms with E-state index in [-0.39, 0.29) is 5.91 Å². The fourth-order valence-corrected chi connectivity index (χ4v) is 4.52. The smallest absolute Gasteiger partial charge is 0.253 e. The number of rotatable bonds is 5. The minimum absolute atomic E-state index is 0.0520. The molecule has 0 unspecified atom stereocenters. The predicted molar refractivity (Wildman–Crippen MR) is 136 cm³/mol. The van der Waals surface area contributed by atoms with Gasteiger partial charge in [0.15, 0.2) is 5.65 Å². The van der Waals surface area contributed by atoms with Crippen LogP contribution >= 0.6 is 23.2 Å². The molecule has 1 N–H and O–H groups in total. The van der Waals surface area contributed by atoms with E-state index in [9.17, 15) is 4.79 Å². The Morgan fingerprint density at radius 1 is 1.03 bits per heavy atom. The summed E-state index contributed by atoms with van der Waals surface area (Å²) in [6.45, 7) is 3.74. The van der Waals surface area contributed by atoms with E-state index in [2.05, 4.69) is 22.4 Å². The van der Waals surface area contributed by atoms with Crippen molar-refractivity contribution in [3.05, 3.63) is 82.0 Å². The largest absolute Gasteiger partial charge is 0.366 e. The topological polar surface area (TPSA) is 65.8 Å². The maximum absolute atomic E-state index is 13.1. The van der Waals surface area contributed by atoms with Gasteiger partial charge in [-0.2, -0.15) is 9.61 Å². The van der Waals surface area contributed by atoms with Crippen molar-refractivity contribution in [3.63, 3.8) is 0 Å². The van der Waals surface area contributed by atoms with Crippen molar-refractivity contribution in [1.82, 2.24) is 24.4 Å². The lowest BCUT2D eigenvalue weighted by atomic mass is 10.1. The zero-order valence-corrected chi connectivity index (χ0v) is 20.2. The normalized spacial score (nSPS) is 14.5. The molecule has 5 rings (SSSR count). The highest BCUT2D eigenvalue weighted by Crippen LogP contribution is 2.26. The van der Waals surface area contributed by atoms with Crippen LogP contribution in [0.3, 0.4) is 0 Å². The van der Waals surface area contributed by atoms with Gasteiger partial charge in [-0.25, -0.2) is 4.98 Å². The summed E-state index contributed by atoms with van der Waals surface area (Å²) in [5.41, 5.74) is 3.92. The molecular weight excluding hydrogens is 471 g/mol. The van der Waals surface area contributed by atoms with Gasteiger partial charge in [0.25, 0.3) is 5.91 Å². The third kappa shape index (κ3) is 4.73. The lowest BCUT2D eigenvalue weighted by Crippen LogP contribution is -2.47. The summed E-state index contributed by atoms with van der Waals surface area (Å²) in [4.78, 5) is 22.0. The maximum atomic E-state index is 13.1. The number of benzene rings is 2. The van der Waals surface area contributed by atoms with E-state index >= 15 is 0 Å². The van der Waals surface area contributed by atoms with Gasteiger partial charge in [-0.3, -0.25) is 4.79 Å². The van der Waals surface area contributed by atoms with Crippen LogP contribution in [0.1, 0.15) is 15.9 Å². The minimum atomic E-state index is 0.0520. The van der Waals surface area contributed by atoms with E-state index in [1.807, 2.05) is 53.4 Å². The van der Waals surface area contributed by atoms with E-state index in [0.29, 0.717) is 27.8 Å². The van der Waals surface area contributed by atoms with Crippen molar-refractivity contribution in [1.29, 1.82) is 0 Å². The number of carbonyl (C=O) groups excluding carboxylic acids is 1. The molecule has 0 spiro atoms. The first-order valence-electron chi connectivity index (χ1n) is 11.1. The lowest BCUT2D eigenvalue weighted by Gasteiger charge is -2.32. The average Bonchev–Trinajstić information content (AvgIpc) is 3.32. The molecule has 1 fully saturated rings. The summed E-state index contributed by atoms with van der Waals surface area (Å²) in [6.07, 6.45) is 1.71. The summed E-state index contributed by atoms with van der Waals surface area (Å²) >= 11 is 12.4. The van der Waals surface area contributed by atoms with Gasteiger partial charge in [0.1, 0.15) is 5.82 Å². The molecule has 174 valence electrons. The zero-order chi connectivity index (χ0) is 23.7. The van der Waals surface area contributed by atoms with Crippen LogP contribution in [0.4, 0.5) is 5.82 Å². The monoisotopic (exact) mass is 494 g/mol. The number of hydrogen-bond donors (Lipinski definition) is 1. The molecular formula is C25H24Cl2N6O. The Bertz CT molecular complexity index is 1350. The lowest BCUT2D eigenvalue weighted by molar-refractivity contribution is 0.0664. The molecule has 1 saturated heterocycles. The molecule has 0 saturated carbocycles. The Morgan fingerprint density at radius 2 is 1.85 bits per heavy atom. The SMILES string of the molecule is CN1CCN(C(=O)c2cccc(-c3cc(NCc4ccc(Cl)cc4Cl)n4nccc4n3)c2)CC1. The molecule has 1 amide bonds. The Morgan fingerprint density at radius 3 is 2.65 bits per heavy atom. The van der Waals surface area contributed by atoms with Crippen molar-refractivity contribution in [2.45, 2.75) is 6.54 Å².